The van der Waals surface area contributed by atoms with E-state index in [9.17, 15) is 9.59 Å². The zero-order chi connectivity index (χ0) is 22.5. The number of Topliss-reactive ketones (excluding diaryl/α,β-unsaturated/α-hetero) is 1. The van der Waals surface area contributed by atoms with Crippen molar-refractivity contribution < 1.29 is 9.59 Å². The van der Waals surface area contributed by atoms with Crippen LogP contribution in [0.2, 0.25) is 0 Å². The molecule has 7 heteroatoms. The van der Waals surface area contributed by atoms with Crippen molar-refractivity contribution in [2.75, 3.05) is 23.3 Å². The van der Waals surface area contributed by atoms with E-state index in [1.165, 1.54) is 12.5 Å². The summed E-state index contributed by atoms with van der Waals surface area (Å²) >= 11 is 1.61. The van der Waals surface area contributed by atoms with Gasteiger partial charge in [-0.25, -0.2) is 9.97 Å². The molecule has 0 bridgehead atoms. The molecule has 0 aliphatic carbocycles. The van der Waals surface area contributed by atoms with Crippen LogP contribution < -0.4 is 10.2 Å². The molecule has 1 amide bonds. The van der Waals surface area contributed by atoms with Gasteiger partial charge in [0.2, 0.25) is 5.91 Å². The fraction of sp³-hybridized carbons (Fsp3) is 0.280. The van der Waals surface area contributed by atoms with Gasteiger partial charge in [-0.15, -0.1) is 0 Å². The average molecular weight is 447 g/mol. The first-order valence-electron chi connectivity index (χ1n) is 10.7. The van der Waals surface area contributed by atoms with E-state index in [4.69, 9.17) is 0 Å². The van der Waals surface area contributed by atoms with Crippen molar-refractivity contribution >= 4 is 35.0 Å². The van der Waals surface area contributed by atoms with Gasteiger partial charge in [-0.1, -0.05) is 41.6 Å². The number of rotatable bonds is 6. The van der Waals surface area contributed by atoms with E-state index in [1.807, 2.05) is 12.1 Å². The second kappa shape index (κ2) is 9.96. The first-order valence-corrected chi connectivity index (χ1v) is 11.5. The summed E-state index contributed by atoms with van der Waals surface area (Å²) in [7, 11) is 0. The third-order valence-electron chi connectivity index (χ3n) is 5.55. The molecule has 1 aliphatic heterocycles. The Balaban J connectivity index is 1.39. The first kappa shape index (κ1) is 22.0. The maximum atomic E-state index is 12.8. The lowest BCUT2D eigenvalue weighted by molar-refractivity contribution is -0.120. The molecular weight excluding hydrogens is 420 g/mol. The van der Waals surface area contributed by atoms with Gasteiger partial charge in [0.05, 0.1) is 0 Å². The lowest BCUT2D eigenvalue weighted by atomic mass is 9.95. The minimum Gasteiger partial charge on any atom is -0.354 e. The van der Waals surface area contributed by atoms with Crippen molar-refractivity contribution in [1.82, 2.24) is 9.97 Å². The summed E-state index contributed by atoms with van der Waals surface area (Å²) in [4.78, 5) is 36.9. The lowest BCUT2D eigenvalue weighted by Gasteiger charge is -2.32. The van der Waals surface area contributed by atoms with Gasteiger partial charge in [-0.3, -0.25) is 9.59 Å². The second-order valence-corrected chi connectivity index (χ2v) is 9.05. The number of aryl methyl sites for hydroxylation is 1. The molecule has 3 aromatic rings. The second-order valence-electron chi connectivity index (χ2n) is 7.99. The van der Waals surface area contributed by atoms with Crippen LogP contribution in [0, 0.1) is 12.8 Å². The fourth-order valence-electron chi connectivity index (χ4n) is 3.81. The Morgan fingerprint density at radius 3 is 2.53 bits per heavy atom. The maximum absolute atomic E-state index is 12.8. The van der Waals surface area contributed by atoms with E-state index in [0.29, 0.717) is 11.3 Å². The molecule has 164 valence electrons. The van der Waals surface area contributed by atoms with Gasteiger partial charge in [0.1, 0.15) is 5.03 Å². The number of nitrogens with zero attached hydrogens (tertiary/aromatic N) is 3. The smallest absolute Gasteiger partial charge is 0.227 e. The Labute approximate surface area is 192 Å². The number of benzene rings is 2. The largest absolute Gasteiger partial charge is 0.354 e. The molecule has 1 saturated heterocycles. The zero-order valence-corrected chi connectivity index (χ0v) is 19.1. The standard InChI is InChI=1S/C25H26N4O2S/c1-17-5-3-8-22(15-17)32-25-23(26-11-12-27-25)29-13-9-19(10-14-29)24(31)28-21-7-4-6-20(16-21)18(2)30/h3-8,11-12,15-16,19H,9-10,13-14H2,1-2H3,(H,28,31). The van der Waals surface area contributed by atoms with Gasteiger partial charge in [-0.2, -0.15) is 0 Å². The average Bonchev–Trinajstić information content (AvgIpc) is 2.80. The summed E-state index contributed by atoms with van der Waals surface area (Å²) < 4.78 is 0. The number of ketones is 1. The Bertz CT molecular complexity index is 1130. The number of hydrogen-bond donors (Lipinski definition) is 1. The molecular formula is C25H26N4O2S. The lowest BCUT2D eigenvalue weighted by Crippen LogP contribution is -2.38. The molecule has 1 aliphatic rings. The number of carbonyl (C=O) groups excluding carboxylic acids is 2. The number of amides is 1. The number of carbonyl (C=O) groups is 2. The monoisotopic (exact) mass is 446 g/mol. The van der Waals surface area contributed by atoms with E-state index in [-0.39, 0.29) is 17.6 Å². The summed E-state index contributed by atoms with van der Waals surface area (Å²) in [6, 6.07) is 15.4. The third kappa shape index (κ3) is 5.34. The minimum atomic E-state index is -0.0724. The van der Waals surface area contributed by atoms with Crippen LogP contribution in [0.3, 0.4) is 0 Å². The highest BCUT2D eigenvalue weighted by Crippen LogP contribution is 2.34. The Morgan fingerprint density at radius 1 is 1.03 bits per heavy atom. The number of aromatic nitrogens is 2. The molecule has 0 atom stereocenters. The van der Waals surface area contributed by atoms with Crippen LogP contribution in [0.1, 0.15) is 35.7 Å². The van der Waals surface area contributed by atoms with Gasteiger partial charge in [0, 0.05) is 47.5 Å². The van der Waals surface area contributed by atoms with Crippen LogP contribution in [-0.4, -0.2) is 34.7 Å². The molecule has 4 rings (SSSR count). The summed E-state index contributed by atoms with van der Waals surface area (Å²) in [5.74, 6) is 0.778. The number of nitrogens with one attached hydrogen (secondary N) is 1. The molecule has 6 nitrogen and oxygen atoms in total. The van der Waals surface area contributed by atoms with E-state index in [2.05, 4.69) is 45.3 Å². The zero-order valence-electron chi connectivity index (χ0n) is 18.2. The van der Waals surface area contributed by atoms with E-state index in [0.717, 1.165) is 41.7 Å². The van der Waals surface area contributed by atoms with Crippen molar-refractivity contribution in [2.24, 2.45) is 5.92 Å². The Morgan fingerprint density at radius 2 is 1.78 bits per heavy atom. The van der Waals surface area contributed by atoms with Gasteiger partial charge >= 0.3 is 0 Å². The number of piperidine rings is 1. The molecule has 2 heterocycles. The van der Waals surface area contributed by atoms with Crippen LogP contribution >= 0.6 is 11.8 Å². The third-order valence-corrected chi connectivity index (χ3v) is 6.52. The Hall–Kier alpha value is -3.19. The summed E-state index contributed by atoms with van der Waals surface area (Å²) in [6.45, 7) is 5.08. The predicted octanol–water partition coefficient (Wildman–Crippen LogP) is 4.99. The molecule has 0 unspecified atom stereocenters. The van der Waals surface area contributed by atoms with Crippen molar-refractivity contribution in [2.45, 2.75) is 36.6 Å². The van der Waals surface area contributed by atoms with Crippen molar-refractivity contribution in [3.8, 4) is 0 Å². The topological polar surface area (TPSA) is 75.2 Å². The van der Waals surface area contributed by atoms with Crippen molar-refractivity contribution in [3.63, 3.8) is 0 Å². The SMILES string of the molecule is CC(=O)c1cccc(NC(=O)C2CCN(c3nccnc3Sc3cccc(C)c3)CC2)c1. The van der Waals surface area contributed by atoms with E-state index in [1.54, 1.807) is 42.4 Å². The van der Waals surface area contributed by atoms with E-state index < -0.39 is 0 Å². The predicted molar refractivity (Wildman–Crippen MR) is 127 cm³/mol. The summed E-state index contributed by atoms with van der Waals surface area (Å²) in [5, 5.41) is 3.85. The molecule has 1 fully saturated rings. The molecule has 32 heavy (non-hydrogen) atoms. The number of anilines is 2. The maximum Gasteiger partial charge on any atom is 0.227 e. The van der Waals surface area contributed by atoms with Crippen molar-refractivity contribution in [1.29, 1.82) is 0 Å². The van der Waals surface area contributed by atoms with Gasteiger partial charge in [0.15, 0.2) is 11.6 Å². The molecule has 1 aromatic heterocycles. The normalized spacial score (nSPS) is 14.2. The Kier molecular flexibility index (Phi) is 6.85. The summed E-state index contributed by atoms with van der Waals surface area (Å²) in [6.07, 6.45) is 4.92. The highest BCUT2D eigenvalue weighted by molar-refractivity contribution is 7.99. The molecule has 0 radical (unpaired) electrons. The molecule has 0 saturated carbocycles. The molecule has 0 spiro atoms. The van der Waals surface area contributed by atoms with Crippen LogP contribution in [0.5, 0.6) is 0 Å². The molecule has 2 aromatic carbocycles. The van der Waals surface area contributed by atoms with Gasteiger partial charge < -0.3 is 10.2 Å². The minimum absolute atomic E-state index is 0.00106. The quantitative estimate of drug-likeness (QED) is 0.538. The number of hydrogen-bond acceptors (Lipinski definition) is 6. The highest BCUT2D eigenvalue weighted by atomic mass is 32.2. The van der Waals surface area contributed by atoms with Gasteiger partial charge in [0.25, 0.3) is 0 Å². The van der Waals surface area contributed by atoms with Crippen LogP contribution in [0.25, 0.3) is 0 Å². The molecule has 1 N–H and O–H groups in total. The van der Waals surface area contributed by atoms with Crippen LogP contribution in [0.15, 0.2) is 70.8 Å². The fourth-order valence-corrected chi connectivity index (χ4v) is 4.81. The van der Waals surface area contributed by atoms with E-state index >= 15 is 0 Å². The van der Waals surface area contributed by atoms with Crippen molar-refractivity contribution in [3.05, 3.63) is 72.1 Å². The first-order chi connectivity index (χ1) is 15.5. The van der Waals surface area contributed by atoms with Crippen LogP contribution in [0.4, 0.5) is 11.5 Å². The van der Waals surface area contributed by atoms with Crippen LogP contribution in [-0.2, 0) is 4.79 Å². The van der Waals surface area contributed by atoms with Gasteiger partial charge in [-0.05, 0) is 51.0 Å². The highest BCUT2D eigenvalue weighted by Gasteiger charge is 2.27. The summed E-state index contributed by atoms with van der Waals surface area (Å²) in [5.41, 5.74) is 2.47.